The van der Waals surface area contributed by atoms with Crippen molar-refractivity contribution in [3.63, 3.8) is 0 Å². The second-order valence-corrected chi connectivity index (χ2v) is 7.37. The topological polar surface area (TPSA) is 68.5 Å². The summed E-state index contributed by atoms with van der Waals surface area (Å²) in [7, 11) is 0. The Kier molecular flexibility index (Phi) is 4.23. The van der Waals surface area contributed by atoms with Crippen molar-refractivity contribution in [2.75, 3.05) is 6.54 Å². The lowest BCUT2D eigenvalue weighted by atomic mass is 10.1. The molecule has 0 aromatic carbocycles. The normalized spacial score (nSPS) is 23.0. The van der Waals surface area contributed by atoms with E-state index in [-0.39, 0.29) is 24.6 Å². The second-order valence-electron chi connectivity index (χ2n) is 7.37. The Labute approximate surface area is 143 Å². The number of halogens is 3. The van der Waals surface area contributed by atoms with Gasteiger partial charge in [-0.2, -0.15) is 18.2 Å². The van der Waals surface area contributed by atoms with Crippen molar-refractivity contribution in [2.45, 2.75) is 76.1 Å². The molecule has 2 heterocycles. The molecule has 0 N–H and O–H groups in total. The Bertz CT molecular complexity index is 653. The van der Waals surface area contributed by atoms with Crippen LogP contribution in [0.5, 0.6) is 0 Å². The first-order valence-electron chi connectivity index (χ1n) is 8.50. The molecule has 6 nitrogen and oxygen atoms in total. The molecule has 0 bridgehead atoms. The lowest BCUT2D eigenvalue weighted by molar-refractivity contribution is -0.162. The molecular weight excluding hydrogens is 339 g/mol. The van der Waals surface area contributed by atoms with Crippen molar-refractivity contribution in [1.82, 2.24) is 15.0 Å². The molecule has 1 saturated heterocycles. The van der Waals surface area contributed by atoms with Crippen LogP contribution < -0.4 is 0 Å². The van der Waals surface area contributed by atoms with Crippen molar-refractivity contribution in [3.05, 3.63) is 11.7 Å². The number of carbonyl (C=O) groups excluding carboxylic acids is 1. The van der Waals surface area contributed by atoms with Gasteiger partial charge in [0, 0.05) is 6.54 Å². The zero-order chi connectivity index (χ0) is 18.5. The number of ether oxygens (including phenoxy) is 1. The first-order valence-corrected chi connectivity index (χ1v) is 8.50. The highest BCUT2D eigenvalue weighted by atomic mass is 19.4. The summed E-state index contributed by atoms with van der Waals surface area (Å²) >= 11 is 0. The number of aromatic nitrogens is 2. The van der Waals surface area contributed by atoms with Crippen LogP contribution in [0.15, 0.2) is 4.52 Å². The maximum Gasteiger partial charge on any atom is 0.410 e. The molecule has 1 saturated carbocycles. The third kappa shape index (κ3) is 3.20. The third-order valence-electron chi connectivity index (χ3n) is 5.15. The SMILES string of the molecule is CCC(C)(C)OC(=O)N1CCC[C@H]1c1nc(C2(C(F)(F)F)CC2)no1. The van der Waals surface area contributed by atoms with E-state index in [1.54, 1.807) is 13.8 Å². The van der Waals surface area contributed by atoms with E-state index >= 15 is 0 Å². The maximum absolute atomic E-state index is 13.2. The van der Waals surface area contributed by atoms with Gasteiger partial charge < -0.3 is 9.26 Å². The van der Waals surface area contributed by atoms with Gasteiger partial charge >= 0.3 is 12.3 Å². The summed E-state index contributed by atoms with van der Waals surface area (Å²) in [5.41, 5.74) is -2.60. The van der Waals surface area contributed by atoms with Gasteiger partial charge in [-0.3, -0.25) is 4.90 Å². The minimum absolute atomic E-state index is 0.0312. The summed E-state index contributed by atoms with van der Waals surface area (Å²) in [5.74, 6) is -0.279. The predicted octanol–water partition coefficient (Wildman–Crippen LogP) is 4.13. The van der Waals surface area contributed by atoms with E-state index in [9.17, 15) is 18.0 Å². The molecule has 2 fully saturated rings. The summed E-state index contributed by atoms with van der Waals surface area (Å²) in [4.78, 5) is 17.9. The number of likely N-dealkylation sites (tertiary alicyclic amines) is 1. The van der Waals surface area contributed by atoms with Gasteiger partial charge in [-0.05, 0) is 46.0 Å². The largest absolute Gasteiger partial charge is 0.443 e. The zero-order valence-electron chi connectivity index (χ0n) is 14.5. The molecule has 1 aromatic heterocycles. The standard InChI is InChI=1S/C16H22F3N3O3/c1-4-14(2,3)24-13(23)22-9-5-6-10(22)11-20-12(21-25-11)15(7-8-15)16(17,18)19/h10H,4-9H2,1-3H3/t10-/m0/s1. The Hall–Kier alpha value is -1.80. The number of alkyl halides is 3. The van der Waals surface area contributed by atoms with Crippen LogP contribution in [0, 0.1) is 0 Å². The van der Waals surface area contributed by atoms with Gasteiger partial charge in [0.2, 0.25) is 5.89 Å². The molecular formula is C16H22F3N3O3. The number of hydrogen-bond donors (Lipinski definition) is 0. The molecule has 0 radical (unpaired) electrons. The first-order chi connectivity index (χ1) is 11.6. The van der Waals surface area contributed by atoms with E-state index < -0.39 is 29.3 Å². The fraction of sp³-hybridized carbons (Fsp3) is 0.812. The van der Waals surface area contributed by atoms with Gasteiger partial charge in [-0.15, -0.1) is 0 Å². The van der Waals surface area contributed by atoms with Crippen LogP contribution in [0.3, 0.4) is 0 Å². The van der Waals surface area contributed by atoms with E-state index in [0.717, 1.165) is 0 Å². The summed E-state index contributed by atoms with van der Waals surface area (Å²) in [5, 5.41) is 3.56. The molecule has 0 spiro atoms. The maximum atomic E-state index is 13.2. The number of nitrogens with zero attached hydrogens (tertiary/aromatic N) is 3. The summed E-state index contributed by atoms with van der Waals surface area (Å²) in [6.45, 7) is 5.97. The summed E-state index contributed by atoms with van der Waals surface area (Å²) in [6, 6.07) is -0.537. The lowest BCUT2D eigenvalue weighted by Gasteiger charge is -2.28. The van der Waals surface area contributed by atoms with Crippen molar-refractivity contribution in [3.8, 4) is 0 Å². The van der Waals surface area contributed by atoms with Crippen molar-refractivity contribution >= 4 is 6.09 Å². The van der Waals surface area contributed by atoms with Crippen LogP contribution in [0.1, 0.15) is 70.6 Å². The molecule has 1 atom stereocenters. The van der Waals surface area contributed by atoms with E-state index in [2.05, 4.69) is 10.1 Å². The number of hydrogen-bond acceptors (Lipinski definition) is 5. The van der Waals surface area contributed by atoms with E-state index in [1.165, 1.54) is 4.90 Å². The monoisotopic (exact) mass is 361 g/mol. The Morgan fingerprint density at radius 2 is 2.08 bits per heavy atom. The lowest BCUT2D eigenvalue weighted by Crippen LogP contribution is -2.37. The number of amides is 1. The summed E-state index contributed by atoms with van der Waals surface area (Å²) in [6.07, 6.45) is -3.06. The molecule has 140 valence electrons. The molecule has 1 amide bonds. The van der Waals surface area contributed by atoms with E-state index in [4.69, 9.17) is 9.26 Å². The zero-order valence-corrected chi connectivity index (χ0v) is 14.5. The minimum atomic E-state index is -4.40. The third-order valence-corrected chi connectivity index (χ3v) is 5.15. The van der Waals surface area contributed by atoms with Crippen LogP contribution in [-0.4, -0.2) is 39.5 Å². The highest BCUT2D eigenvalue weighted by molar-refractivity contribution is 5.69. The van der Waals surface area contributed by atoms with E-state index in [1.807, 2.05) is 6.92 Å². The quantitative estimate of drug-likeness (QED) is 0.807. The average Bonchev–Trinajstić information content (AvgIpc) is 2.98. The number of rotatable bonds is 4. The summed E-state index contributed by atoms with van der Waals surface area (Å²) < 4.78 is 50.2. The van der Waals surface area contributed by atoms with Gasteiger partial charge in [0.25, 0.3) is 0 Å². The predicted molar refractivity (Wildman–Crippen MR) is 80.8 cm³/mol. The Morgan fingerprint density at radius 1 is 1.40 bits per heavy atom. The van der Waals surface area contributed by atoms with Crippen LogP contribution in [0.2, 0.25) is 0 Å². The number of carbonyl (C=O) groups is 1. The van der Waals surface area contributed by atoms with Gasteiger partial charge in [0.05, 0.1) is 0 Å². The van der Waals surface area contributed by atoms with Crippen molar-refractivity contribution in [2.24, 2.45) is 0 Å². The minimum Gasteiger partial charge on any atom is -0.443 e. The van der Waals surface area contributed by atoms with Gasteiger partial charge in [-0.25, -0.2) is 4.79 Å². The first kappa shape index (κ1) is 18.0. The van der Waals surface area contributed by atoms with Crippen LogP contribution in [0.4, 0.5) is 18.0 Å². The average molecular weight is 361 g/mol. The molecule has 0 unspecified atom stereocenters. The van der Waals surface area contributed by atoms with Crippen LogP contribution in [0.25, 0.3) is 0 Å². The Morgan fingerprint density at radius 3 is 2.64 bits per heavy atom. The second kappa shape index (κ2) is 5.88. The van der Waals surface area contributed by atoms with Gasteiger partial charge in [0.15, 0.2) is 5.82 Å². The fourth-order valence-corrected chi connectivity index (χ4v) is 2.93. The van der Waals surface area contributed by atoms with E-state index in [0.29, 0.717) is 25.8 Å². The van der Waals surface area contributed by atoms with Gasteiger partial charge in [0.1, 0.15) is 17.1 Å². The highest BCUT2D eigenvalue weighted by Crippen LogP contribution is 2.58. The molecule has 1 aliphatic heterocycles. The van der Waals surface area contributed by atoms with Crippen LogP contribution in [-0.2, 0) is 10.2 Å². The molecule has 3 rings (SSSR count). The smallest absolute Gasteiger partial charge is 0.410 e. The van der Waals surface area contributed by atoms with Crippen molar-refractivity contribution < 1.29 is 27.2 Å². The van der Waals surface area contributed by atoms with Crippen molar-refractivity contribution in [1.29, 1.82) is 0 Å². The van der Waals surface area contributed by atoms with Crippen LogP contribution >= 0.6 is 0 Å². The van der Waals surface area contributed by atoms with Gasteiger partial charge in [-0.1, -0.05) is 12.1 Å². The molecule has 9 heteroatoms. The Balaban J connectivity index is 1.77. The fourth-order valence-electron chi connectivity index (χ4n) is 2.93. The molecule has 25 heavy (non-hydrogen) atoms. The molecule has 2 aliphatic rings. The molecule has 1 aromatic rings. The highest BCUT2D eigenvalue weighted by Gasteiger charge is 2.67. The molecule has 1 aliphatic carbocycles.